The summed E-state index contributed by atoms with van der Waals surface area (Å²) in [6.07, 6.45) is 4.64. The first-order valence-corrected chi connectivity index (χ1v) is 8.36. The highest BCUT2D eigenvalue weighted by atomic mass is 35.6. The lowest BCUT2D eigenvalue weighted by Gasteiger charge is -2.30. The Balaban J connectivity index is 3.08. The average molecular weight is 201 g/mol. The third kappa shape index (κ3) is 1.53. The van der Waals surface area contributed by atoms with Gasteiger partial charge < -0.3 is 0 Å². The monoisotopic (exact) mass is 200 g/mol. The van der Waals surface area contributed by atoms with E-state index in [0.29, 0.717) is 0 Å². The van der Waals surface area contributed by atoms with Crippen molar-refractivity contribution in [2.45, 2.75) is 38.9 Å². The van der Waals surface area contributed by atoms with Gasteiger partial charge in [-0.3, -0.25) is 0 Å². The Morgan fingerprint density at radius 1 is 1.17 bits per heavy atom. The van der Waals surface area contributed by atoms with Crippen LogP contribution in [-0.4, -0.2) is 7.38 Å². The van der Waals surface area contributed by atoms with Crippen molar-refractivity contribution in [3.63, 3.8) is 0 Å². The Morgan fingerprint density at radius 3 is 1.67 bits per heavy atom. The number of allylic oxidation sites excluding steroid dienone is 4. The van der Waals surface area contributed by atoms with Crippen molar-refractivity contribution in [2.75, 3.05) is 0 Å². The summed E-state index contributed by atoms with van der Waals surface area (Å²) in [5, 5.41) is 0.155. The summed E-state index contributed by atoms with van der Waals surface area (Å²) in [5.41, 5.74) is 2.78. The number of hydrogen-bond acceptors (Lipinski definition) is 0. The van der Waals surface area contributed by atoms with E-state index in [2.05, 4.69) is 46.0 Å². The number of hydrogen-bond donors (Lipinski definition) is 0. The average Bonchev–Trinajstić information content (AvgIpc) is 2.06. The topological polar surface area (TPSA) is 0 Å². The molecule has 1 aliphatic carbocycles. The maximum atomic E-state index is 6.46. The lowest BCUT2D eigenvalue weighted by molar-refractivity contribution is 0.937. The van der Waals surface area contributed by atoms with Crippen LogP contribution in [0.25, 0.3) is 0 Å². The third-order valence-corrected chi connectivity index (χ3v) is 7.01. The Hall–Kier alpha value is -0.0131. The lowest BCUT2D eigenvalue weighted by Crippen LogP contribution is -2.31. The second-order valence-electron chi connectivity index (χ2n) is 4.41. The minimum absolute atomic E-state index is 0.155. The zero-order chi connectivity index (χ0) is 9.57. The molecule has 0 aromatic heterocycles. The summed E-state index contributed by atoms with van der Waals surface area (Å²) >= 11 is 6.46. The molecule has 0 fully saturated rings. The van der Waals surface area contributed by atoms with E-state index < -0.39 is 7.38 Å². The molecule has 0 unspecified atom stereocenters. The van der Waals surface area contributed by atoms with E-state index in [4.69, 9.17) is 11.1 Å². The molecule has 0 aliphatic heterocycles. The molecule has 0 aromatic carbocycles. The predicted molar refractivity (Wildman–Crippen MR) is 59.2 cm³/mol. The van der Waals surface area contributed by atoms with Crippen LogP contribution in [0.4, 0.5) is 0 Å². The van der Waals surface area contributed by atoms with Crippen LogP contribution >= 0.6 is 11.1 Å². The second kappa shape index (κ2) is 2.74. The van der Waals surface area contributed by atoms with Gasteiger partial charge in [0.25, 0.3) is 0 Å². The zero-order valence-electron chi connectivity index (χ0n) is 8.53. The Bertz CT molecular complexity index is 238. The molecule has 0 heterocycles. The Labute approximate surface area is 81.0 Å². The predicted octanol–water partition coefficient (Wildman–Crippen LogP) is 4.10. The van der Waals surface area contributed by atoms with E-state index in [1.165, 1.54) is 11.1 Å². The fourth-order valence-electron chi connectivity index (χ4n) is 1.51. The van der Waals surface area contributed by atoms with Crippen LogP contribution in [0.5, 0.6) is 0 Å². The van der Waals surface area contributed by atoms with Crippen molar-refractivity contribution >= 4 is 18.5 Å². The van der Waals surface area contributed by atoms with Gasteiger partial charge in [-0.15, -0.1) is 0 Å². The largest absolute Gasteiger partial charge is 0.166 e. The van der Waals surface area contributed by atoms with Crippen molar-refractivity contribution in [3.05, 3.63) is 23.3 Å². The summed E-state index contributed by atoms with van der Waals surface area (Å²) in [6, 6.07) is 0. The van der Waals surface area contributed by atoms with Gasteiger partial charge >= 0.3 is 0 Å². The molecule has 0 nitrogen and oxygen atoms in total. The number of halogens is 1. The normalized spacial score (nSPS) is 22.2. The minimum Gasteiger partial charge on any atom is -0.166 e. The molecule has 0 bridgehead atoms. The molecule has 0 saturated heterocycles. The lowest BCUT2D eigenvalue weighted by atomic mass is 10.2. The molecule has 68 valence electrons. The van der Waals surface area contributed by atoms with Gasteiger partial charge in [0.15, 0.2) is 7.38 Å². The summed E-state index contributed by atoms with van der Waals surface area (Å²) in [6.45, 7) is 11.0. The van der Waals surface area contributed by atoms with Crippen LogP contribution in [0.1, 0.15) is 20.8 Å². The molecule has 0 atom stereocenters. The highest BCUT2D eigenvalue weighted by molar-refractivity contribution is 7.21. The van der Waals surface area contributed by atoms with Gasteiger partial charge in [-0.05, 0) is 13.8 Å². The summed E-state index contributed by atoms with van der Waals surface area (Å²) in [7, 11) is -1.61. The molecule has 2 heteroatoms. The van der Waals surface area contributed by atoms with Crippen LogP contribution in [0.3, 0.4) is 0 Å². The Morgan fingerprint density at radius 2 is 1.50 bits per heavy atom. The smallest absolute Gasteiger partial charge is 0.163 e. The maximum absolute atomic E-state index is 6.46. The van der Waals surface area contributed by atoms with Crippen LogP contribution < -0.4 is 0 Å². The van der Waals surface area contributed by atoms with E-state index in [0.717, 1.165) is 0 Å². The van der Waals surface area contributed by atoms with Crippen LogP contribution in [0, 0.1) is 0 Å². The summed E-state index contributed by atoms with van der Waals surface area (Å²) in [5.74, 6) is 0. The van der Waals surface area contributed by atoms with Crippen LogP contribution in [0.15, 0.2) is 23.3 Å². The fraction of sp³-hybridized carbons (Fsp3) is 0.600. The summed E-state index contributed by atoms with van der Waals surface area (Å²) < 4.78 is 0. The van der Waals surface area contributed by atoms with Gasteiger partial charge in [0.2, 0.25) is 0 Å². The Kier molecular flexibility index (Phi) is 2.30. The first kappa shape index (κ1) is 10.1. The molecule has 1 aliphatic rings. The molecule has 0 N–H and O–H groups in total. The fourth-order valence-corrected chi connectivity index (χ4v) is 2.96. The van der Waals surface area contributed by atoms with E-state index in [1.54, 1.807) is 0 Å². The molecule has 0 radical (unpaired) electrons. The molecule has 0 spiro atoms. The highest BCUT2D eigenvalue weighted by Crippen LogP contribution is 2.49. The molecular formula is C10H17ClSi. The SMILES string of the molecule is CC1=CC(C)([Si](C)(C)Cl)C=C1C. The van der Waals surface area contributed by atoms with Crippen LogP contribution in [-0.2, 0) is 0 Å². The molecule has 1 rings (SSSR count). The van der Waals surface area contributed by atoms with Gasteiger partial charge in [0, 0.05) is 5.04 Å². The molecule has 0 amide bonds. The van der Waals surface area contributed by atoms with Crippen molar-refractivity contribution < 1.29 is 0 Å². The zero-order valence-corrected chi connectivity index (χ0v) is 10.3. The van der Waals surface area contributed by atoms with Crippen LogP contribution in [0.2, 0.25) is 18.1 Å². The van der Waals surface area contributed by atoms with Gasteiger partial charge in [0.1, 0.15) is 0 Å². The second-order valence-corrected chi connectivity index (χ2v) is 11.3. The van der Waals surface area contributed by atoms with Crippen molar-refractivity contribution in [1.82, 2.24) is 0 Å². The molecular weight excluding hydrogens is 184 g/mol. The highest BCUT2D eigenvalue weighted by Gasteiger charge is 2.40. The van der Waals surface area contributed by atoms with Gasteiger partial charge in [-0.1, -0.05) is 43.3 Å². The maximum Gasteiger partial charge on any atom is 0.163 e. The first-order chi connectivity index (χ1) is 5.26. The van der Waals surface area contributed by atoms with Crippen molar-refractivity contribution in [2.24, 2.45) is 0 Å². The van der Waals surface area contributed by atoms with E-state index >= 15 is 0 Å². The van der Waals surface area contributed by atoms with E-state index in [9.17, 15) is 0 Å². The van der Waals surface area contributed by atoms with Gasteiger partial charge in [-0.25, -0.2) is 0 Å². The van der Waals surface area contributed by atoms with E-state index in [1.807, 2.05) is 0 Å². The summed E-state index contributed by atoms with van der Waals surface area (Å²) in [4.78, 5) is 0. The minimum atomic E-state index is -1.61. The number of rotatable bonds is 1. The van der Waals surface area contributed by atoms with Crippen molar-refractivity contribution in [1.29, 1.82) is 0 Å². The molecule has 12 heavy (non-hydrogen) atoms. The van der Waals surface area contributed by atoms with E-state index in [-0.39, 0.29) is 5.04 Å². The molecule has 0 saturated carbocycles. The molecule has 0 aromatic rings. The first-order valence-electron chi connectivity index (χ1n) is 4.34. The third-order valence-electron chi connectivity index (χ3n) is 2.94. The van der Waals surface area contributed by atoms with Gasteiger partial charge in [-0.2, -0.15) is 11.1 Å². The van der Waals surface area contributed by atoms with Crippen molar-refractivity contribution in [3.8, 4) is 0 Å². The van der Waals surface area contributed by atoms with Gasteiger partial charge in [0.05, 0.1) is 0 Å². The quantitative estimate of drug-likeness (QED) is 0.442. The standard InChI is InChI=1S/C10H17ClSi/c1-8-6-10(3,7-9(8)2)12(4,5)11/h6-7H,1-5H3.